The molecule has 0 saturated carbocycles. The fourth-order valence-electron chi connectivity index (χ4n) is 1.55. The summed E-state index contributed by atoms with van der Waals surface area (Å²) in [6.45, 7) is 0. The number of carbonyl (C=O) groups excluding carboxylic acids is 2. The van der Waals surface area contributed by atoms with E-state index in [0.29, 0.717) is 5.16 Å². The molecule has 1 aromatic rings. The van der Waals surface area contributed by atoms with Crippen molar-refractivity contribution in [3.63, 3.8) is 0 Å². The van der Waals surface area contributed by atoms with Crippen LogP contribution in [0.2, 0.25) is 0 Å². The summed E-state index contributed by atoms with van der Waals surface area (Å²) in [4.78, 5) is 39.5. The van der Waals surface area contributed by atoms with Crippen LogP contribution in [0.1, 0.15) is 5.56 Å². The van der Waals surface area contributed by atoms with E-state index < -0.39 is 17.5 Å². The topological polar surface area (TPSA) is 114 Å². The van der Waals surface area contributed by atoms with Crippen LogP contribution in [-0.2, 0) is 26.1 Å². The molecule has 9 heteroatoms. The van der Waals surface area contributed by atoms with E-state index in [2.05, 4.69) is 14.5 Å². The number of anilines is 1. The summed E-state index contributed by atoms with van der Waals surface area (Å²) in [5.74, 6) is -1.86. The molecule has 0 spiro atoms. The van der Waals surface area contributed by atoms with Gasteiger partial charge in [-0.25, -0.2) is 14.6 Å². The lowest BCUT2D eigenvalue weighted by atomic mass is 10.1. The van der Waals surface area contributed by atoms with Gasteiger partial charge in [0.15, 0.2) is 5.16 Å². The predicted octanol–water partition coefficient (Wildman–Crippen LogP) is -0.186. The Hall–Kier alpha value is -2.29. The number of rotatable bonds is 4. The van der Waals surface area contributed by atoms with Crippen molar-refractivity contribution in [2.75, 3.05) is 26.2 Å². The van der Waals surface area contributed by atoms with Gasteiger partial charge in [0.2, 0.25) is 0 Å². The molecule has 0 aliphatic heterocycles. The van der Waals surface area contributed by atoms with E-state index in [1.165, 1.54) is 23.4 Å². The fraction of sp³-hybridized carbons (Fsp3) is 0.333. The van der Waals surface area contributed by atoms with E-state index in [1.807, 2.05) is 0 Å². The van der Waals surface area contributed by atoms with E-state index in [0.717, 1.165) is 20.3 Å². The summed E-state index contributed by atoms with van der Waals surface area (Å²) >= 11 is 1.22. The molecule has 8 nitrogen and oxygen atoms in total. The standard InChI is InChI=1S/C12H15N3O5S/c1-15-10(17)8(9(13)14-12(15)21-4)6(11(18)20-3)5-7(16)19-2/h5H,13H2,1-4H3/b6-5-. The van der Waals surface area contributed by atoms with Crippen LogP contribution >= 0.6 is 11.8 Å². The van der Waals surface area contributed by atoms with Gasteiger partial charge < -0.3 is 15.2 Å². The minimum absolute atomic E-state index is 0.164. The molecule has 21 heavy (non-hydrogen) atoms. The van der Waals surface area contributed by atoms with Gasteiger partial charge in [0.1, 0.15) is 5.82 Å². The van der Waals surface area contributed by atoms with Gasteiger partial charge in [0.25, 0.3) is 5.56 Å². The van der Waals surface area contributed by atoms with E-state index in [4.69, 9.17) is 5.73 Å². The first-order valence-electron chi connectivity index (χ1n) is 5.66. The molecule has 0 radical (unpaired) electrons. The lowest BCUT2D eigenvalue weighted by Gasteiger charge is -2.11. The molecule has 1 aromatic heterocycles. The number of carbonyl (C=O) groups is 2. The van der Waals surface area contributed by atoms with Crippen molar-refractivity contribution in [1.82, 2.24) is 9.55 Å². The zero-order valence-electron chi connectivity index (χ0n) is 12.0. The second-order valence-corrected chi connectivity index (χ2v) is 4.57. The molecule has 2 N–H and O–H groups in total. The van der Waals surface area contributed by atoms with Gasteiger partial charge in [-0.2, -0.15) is 0 Å². The molecule has 114 valence electrons. The van der Waals surface area contributed by atoms with Crippen molar-refractivity contribution in [2.24, 2.45) is 7.05 Å². The van der Waals surface area contributed by atoms with Gasteiger partial charge in [-0.05, 0) is 6.26 Å². The van der Waals surface area contributed by atoms with Gasteiger partial charge in [-0.15, -0.1) is 0 Å². The maximum Gasteiger partial charge on any atom is 0.339 e. The van der Waals surface area contributed by atoms with E-state index >= 15 is 0 Å². The van der Waals surface area contributed by atoms with Crippen molar-refractivity contribution in [3.05, 3.63) is 22.0 Å². The van der Waals surface area contributed by atoms with Crippen LogP contribution in [0, 0.1) is 0 Å². The average molecular weight is 313 g/mol. The second kappa shape index (κ2) is 6.93. The van der Waals surface area contributed by atoms with E-state index in [9.17, 15) is 14.4 Å². The normalized spacial score (nSPS) is 11.1. The van der Waals surface area contributed by atoms with Crippen molar-refractivity contribution in [3.8, 4) is 0 Å². The van der Waals surface area contributed by atoms with Crippen LogP contribution in [0.5, 0.6) is 0 Å². The molecule has 0 saturated heterocycles. The minimum atomic E-state index is -0.886. The summed E-state index contributed by atoms with van der Waals surface area (Å²) < 4.78 is 10.2. The number of thioether (sulfide) groups is 1. The van der Waals surface area contributed by atoms with Crippen molar-refractivity contribution in [1.29, 1.82) is 0 Å². The van der Waals surface area contributed by atoms with Crippen LogP contribution < -0.4 is 11.3 Å². The van der Waals surface area contributed by atoms with E-state index in [-0.39, 0.29) is 17.0 Å². The predicted molar refractivity (Wildman–Crippen MR) is 77.7 cm³/mol. The third-order valence-electron chi connectivity index (χ3n) is 2.60. The number of nitrogens with two attached hydrogens (primary N) is 1. The molecule has 0 bridgehead atoms. The lowest BCUT2D eigenvalue weighted by Crippen LogP contribution is -2.27. The Balaban J connectivity index is 3.64. The van der Waals surface area contributed by atoms with E-state index in [1.54, 1.807) is 6.26 Å². The van der Waals surface area contributed by atoms with Crippen molar-refractivity contribution in [2.45, 2.75) is 5.16 Å². The van der Waals surface area contributed by atoms with Gasteiger partial charge in [-0.3, -0.25) is 9.36 Å². The maximum absolute atomic E-state index is 12.3. The molecular weight excluding hydrogens is 298 g/mol. The minimum Gasteiger partial charge on any atom is -0.466 e. The maximum atomic E-state index is 12.3. The van der Waals surface area contributed by atoms with Gasteiger partial charge in [0.05, 0.1) is 25.4 Å². The zero-order valence-corrected chi connectivity index (χ0v) is 12.8. The number of hydrogen-bond acceptors (Lipinski definition) is 8. The highest BCUT2D eigenvalue weighted by molar-refractivity contribution is 7.98. The Morgan fingerprint density at radius 3 is 2.43 bits per heavy atom. The smallest absolute Gasteiger partial charge is 0.339 e. The molecule has 0 aromatic carbocycles. The summed E-state index contributed by atoms with van der Waals surface area (Å²) in [6.07, 6.45) is 2.58. The number of esters is 2. The number of ether oxygens (including phenoxy) is 2. The number of hydrogen-bond donors (Lipinski definition) is 1. The van der Waals surface area contributed by atoms with Crippen LogP contribution in [0.4, 0.5) is 5.82 Å². The Morgan fingerprint density at radius 2 is 1.95 bits per heavy atom. The highest BCUT2D eigenvalue weighted by Gasteiger charge is 2.23. The summed E-state index contributed by atoms with van der Waals surface area (Å²) in [5.41, 5.74) is 4.67. The van der Waals surface area contributed by atoms with Crippen LogP contribution in [0.3, 0.4) is 0 Å². The van der Waals surface area contributed by atoms with Gasteiger partial charge >= 0.3 is 11.9 Å². The molecule has 0 aliphatic carbocycles. The zero-order chi connectivity index (χ0) is 16.2. The SMILES string of the molecule is COC(=O)/C=C(\C(=O)OC)c1c(N)nc(SC)n(C)c1=O. The summed E-state index contributed by atoms with van der Waals surface area (Å²) in [5, 5.41) is 0.378. The number of nitrogens with zero attached hydrogens (tertiary/aromatic N) is 2. The first-order chi connectivity index (χ1) is 9.87. The Morgan fingerprint density at radius 1 is 1.33 bits per heavy atom. The first-order valence-corrected chi connectivity index (χ1v) is 6.88. The molecule has 0 aliphatic rings. The Bertz CT molecular complexity index is 666. The first kappa shape index (κ1) is 16.8. The molecular formula is C12H15N3O5S. The largest absolute Gasteiger partial charge is 0.466 e. The van der Waals surface area contributed by atoms with Gasteiger partial charge in [-0.1, -0.05) is 11.8 Å². The van der Waals surface area contributed by atoms with Crippen molar-refractivity contribution >= 4 is 35.1 Å². The number of nitrogen functional groups attached to an aromatic ring is 1. The van der Waals surface area contributed by atoms with Crippen molar-refractivity contribution < 1.29 is 19.1 Å². The van der Waals surface area contributed by atoms with Gasteiger partial charge in [0, 0.05) is 13.1 Å². The Kier molecular flexibility index (Phi) is 5.53. The molecule has 0 unspecified atom stereocenters. The third kappa shape index (κ3) is 3.43. The molecule has 0 amide bonds. The highest BCUT2D eigenvalue weighted by Crippen LogP contribution is 2.20. The quantitative estimate of drug-likeness (QED) is 0.352. The Labute approximate surface area is 124 Å². The second-order valence-electron chi connectivity index (χ2n) is 3.80. The molecule has 1 heterocycles. The van der Waals surface area contributed by atoms with Crippen LogP contribution in [0.25, 0.3) is 5.57 Å². The monoisotopic (exact) mass is 313 g/mol. The highest BCUT2D eigenvalue weighted by atomic mass is 32.2. The lowest BCUT2D eigenvalue weighted by molar-refractivity contribution is -0.136. The summed E-state index contributed by atoms with van der Waals surface area (Å²) in [6, 6.07) is 0. The summed E-state index contributed by atoms with van der Waals surface area (Å²) in [7, 11) is 3.75. The molecule has 1 rings (SSSR count). The number of methoxy groups -OCH3 is 2. The fourth-order valence-corrected chi connectivity index (χ4v) is 2.10. The average Bonchev–Trinajstić information content (AvgIpc) is 2.48. The van der Waals surface area contributed by atoms with Crippen LogP contribution in [0.15, 0.2) is 16.0 Å². The molecule has 0 fully saturated rings. The molecule has 0 atom stereocenters. The third-order valence-corrected chi connectivity index (χ3v) is 3.33. The number of aromatic nitrogens is 2. The van der Waals surface area contributed by atoms with Crippen LogP contribution in [-0.4, -0.2) is 42.0 Å².